The zero-order valence-electron chi connectivity index (χ0n) is 13.6. The van der Waals surface area contributed by atoms with Crippen molar-refractivity contribution in [2.45, 2.75) is 57.9 Å². The molecule has 0 aromatic heterocycles. The van der Waals surface area contributed by atoms with Gasteiger partial charge >= 0.3 is 0 Å². The van der Waals surface area contributed by atoms with Gasteiger partial charge in [0.2, 0.25) is 11.9 Å². The van der Waals surface area contributed by atoms with Gasteiger partial charge in [0.1, 0.15) is 0 Å². The summed E-state index contributed by atoms with van der Waals surface area (Å²) in [6.45, 7) is 6.39. The van der Waals surface area contributed by atoms with Gasteiger partial charge in [-0.3, -0.25) is 10.1 Å². The first-order valence-electron chi connectivity index (χ1n) is 8.59. The smallest absolute Gasteiger partial charge is 0.246 e. The SMILES string of the molecule is C[C@H]1C[C@H](C)CN(C2=NC3(CCCCC3)[C@@H](C#N)C(=O)N2)C1. The lowest BCUT2D eigenvalue weighted by Crippen LogP contribution is -2.59. The van der Waals surface area contributed by atoms with E-state index in [2.05, 4.69) is 30.1 Å². The average Bonchev–Trinajstić information content (AvgIpc) is 2.47. The van der Waals surface area contributed by atoms with Gasteiger partial charge in [0.15, 0.2) is 5.92 Å². The van der Waals surface area contributed by atoms with Crippen LogP contribution >= 0.6 is 0 Å². The molecule has 22 heavy (non-hydrogen) atoms. The van der Waals surface area contributed by atoms with E-state index in [1.54, 1.807) is 0 Å². The molecule has 1 amide bonds. The van der Waals surface area contributed by atoms with E-state index in [0.717, 1.165) is 44.7 Å². The monoisotopic (exact) mass is 302 g/mol. The Kier molecular flexibility index (Phi) is 4.12. The molecule has 5 nitrogen and oxygen atoms in total. The molecule has 0 aromatic rings. The van der Waals surface area contributed by atoms with Crippen LogP contribution in [0.25, 0.3) is 0 Å². The lowest BCUT2D eigenvalue weighted by molar-refractivity contribution is -0.125. The van der Waals surface area contributed by atoms with Crippen molar-refractivity contribution in [3.8, 4) is 6.07 Å². The van der Waals surface area contributed by atoms with Crippen LogP contribution in [0, 0.1) is 29.1 Å². The Hall–Kier alpha value is -1.57. The first-order valence-corrected chi connectivity index (χ1v) is 8.59. The van der Waals surface area contributed by atoms with Crippen molar-refractivity contribution in [2.75, 3.05) is 13.1 Å². The van der Waals surface area contributed by atoms with Crippen LogP contribution < -0.4 is 5.32 Å². The molecule has 1 saturated heterocycles. The molecule has 2 fully saturated rings. The Bertz CT molecular complexity index is 505. The first-order chi connectivity index (χ1) is 10.5. The standard InChI is InChI=1S/C17H26N4O/c1-12-8-13(2)11-21(10-12)16-19-15(22)14(9-18)17(20-16)6-4-3-5-7-17/h12-14H,3-8,10-11H2,1-2H3,(H,19,20,22)/t12-,13-,14-/m0/s1. The van der Waals surface area contributed by atoms with E-state index in [4.69, 9.17) is 4.99 Å². The largest absolute Gasteiger partial charge is 0.342 e. The highest BCUT2D eigenvalue weighted by Crippen LogP contribution is 2.40. The number of hydrogen-bond donors (Lipinski definition) is 1. The topological polar surface area (TPSA) is 68.5 Å². The van der Waals surface area contributed by atoms with Crippen LogP contribution in [-0.4, -0.2) is 35.4 Å². The van der Waals surface area contributed by atoms with Crippen LogP contribution in [0.3, 0.4) is 0 Å². The number of carbonyl (C=O) groups excluding carboxylic acids is 1. The predicted molar refractivity (Wildman–Crippen MR) is 85.0 cm³/mol. The van der Waals surface area contributed by atoms with Crippen LogP contribution in [0.15, 0.2) is 4.99 Å². The molecule has 0 bridgehead atoms. The maximum absolute atomic E-state index is 12.5. The second kappa shape index (κ2) is 5.91. The fourth-order valence-electron chi connectivity index (χ4n) is 4.46. The number of nitrogens with one attached hydrogen (secondary N) is 1. The molecule has 1 saturated carbocycles. The van der Waals surface area contributed by atoms with Crippen molar-refractivity contribution >= 4 is 11.9 Å². The van der Waals surface area contributed by atoms with E-state index in [0.29, 0.717) is 11.8 Å². The number of piperidine rings is 1. The molecule has 2 heterocycles. The second-order valence-corrected chi connectivity index (χ2v) is 7.50. The molecular formula is C17H26N4O. The Morgan fingerprint density at radius 3 is 2.45 bits per heavy atom. The number of carbonyl (C=O) groups is 1. The van der Waals surface area contributed by atoms with E-state index < -0.39 is 11.5 Å². The molecule has 2 aliphatic heterocycles. The maximum Gasteiger partial charge on any atom is 0.246 e. The number of hydrogen-bond acceptors (Lipinski definition) is 4. The Labute approximate surface area is 132 Å². The molecule has 3 atom stereocenters. The molecule has 1 aliphatic carbocycles. The third-order valence-corrected chi connectivity index (χ3v) is 5.38. The predicted octanol–water partition coefficient (Wildman–Crippen LogP) is 2.29. The average molecular weight is 302 g/mol. The van der Waals surface area contributed by atoms with Crippen LogP contribution in [0.1, 0.15) is 52.4 Å². The lowest BCUT2D eigenvalue weighted by atomic mass is 9.72. The summed E-state index contributed by atoms with van der Waals surface area (Å²) in [6.07, 6.45) is 6.26. The molecule has 0 aromatic carbocycles. The van der Waals surface area contributed by atoms with Crippen molar-refractivity contribution in [1.82, 2.24) is 10.2 Å². The summed E-state index contributed by atoms with van der Waals surface area (Å²) in [4.78, 5) is 19.7. The van der Waals surface area contributed by atoms with E-state index in [9.17, 15) is 10.1 Å². The maximum atomic E-state index is 12.5. The van der Waals surface area contributed by atoms with Gasteiger partial charge in [-0.2, -0.15) is 5.26 Å². The van der Waals surface area contributed by atoms with Gasteiger partial charge in [0.05, 0.1) is 11.6 Å². The number of likely N-dealkylation sites (tertiary alicyclic amines) is 1. The molecule has 120 valence electrons. The van der Waals surface area contributed by atoms with Crippen molar-refractivity contribution in [3.63, 3.8) is 0 Å². The number of guanidine groups is 1. The van der Waals surface area contributed by atoms with Gasteiger partial charge in [-0.1, -0.05) is 33.1 Å². The van der Waals surface area contributed by atoms with Gasteiger partial charge in [-0.25, -0.2) is 4.99 Å². The molecule has 1 N–H and O–H groups in total. The molecule has 1 spiro atoms. The van der Waals surface area contributed by atoms with Gasteiger partial charge in [-0.15, -0.1) is 0 Å². The summed E-state index contributed by atoms with van der Waals surface area (Å²) < 4.78 is 0. The van der Waals surface area contributed by atoms with Crippen molar-refractivity contribution in [3.05, 3.63) is 0 Å². The molecule has 3 aliphatic rings. The minimum Gasteiger partial charge on any atom is -0.342 e. The number of nitriles is 1. The summed E-state index contributed by atoms with van der Waals surface area (Å²) >= 11 is 0. The minimum atomic E-state index is -0.629. The summed E-state index contributed by atoms with van der Waals surface area (Å²) in [7, 11) is 0. The zero-order chi connectivity index (χ0) is 15.7. The van der Waals surface area contributed by atoms with E-state index in [1.807, 2.05) is 0 Å². The van der Waals surface area contributed by atoms with Crippen molar-refractivity contribution in [1.29, 1.82) is 5.26 Å². The number of aliphatic imine (C=N–C) groups is 1. The highest BCUT2D eigenvalue weighted by atomic mass is 16.2. The molecule has 5 heteroatoms. The fraction of sp³-hybridized carbons (Fsp3) is 0.824. The highest BCUT2D eigenvalue weighted by Gasteiger charge is 2.48. The number of nitrogens with zero attached hydrogens (tertiary/aromatic N) is 3. The third-order valence-electron chi connectivity index (χ3n) is 5.38. The lowest BCUT2D eigenvalue weighted by Gasteiger charge is -2.44. The second-order valence-electron chi connectivity index (χ2n) is 7.50. The Morgan fingerprint density at radius 1 is 1.23 bits per heavy atom. The molecule has 3 rings (SSSR count). The normalized spacial score (nSPS) is 34.8. The van der Waals surface area contributed by atoms with Crippen LogP contribution in [0.4, 0.5) is 0 Å². The summed E-state index contributed by atoms with van der Waals surface area (Å²) in [5.74, 6) is 1.16. The minimum absolute atomic E-state index is 0.153. The van der Waals surface area contributed by atoms with E-state index in [-0.39, 0.29) is 5.91 Å². The van der Waals surface area contributed by atoms with Crippen molar-refractivity contribution < 1.29 is 4.79 Å². The van der Waals surface area contributed by atoms with E-state index in [1.165, 1.54) is 12.8 Å². The zero-order valence-corrected chi connectivity index (χ0v) is 13.6. The quantitative estimate of drug-likeness (QED) is 0.746. The Balaban J connectivity index is 1.91. The Morgan fingerprint density at radius 2 is 1.86 bits per heavy atom. The number of rotatable bonds is 0. The third kappa shape index (κ3) is 2.71. The summed E-state index contributed by atoms with van der Waals surface area (Å²) in [5.41, 5.74) is -0.478. The molecular weight excluding hydrogens is 276 g/mol. The fourth-order valence-corrected chi connectivity index (χ4v) is 4.46. The van der Waals surface area contributed by atoms with Gasteiger partial charge in [0, 0.05) is 13.1 Å². The molecule has 0 radical (unpaired) electrons. The van der Waals surface area contributed by atoms with Gasteiger partial charge < -0.3 is 4.90 Å². The van der Waals surface area contributed by atoms with Crippen LogP contribution in [-0.2, 0) is 4.79 Å². The highest BCUT2D eigenvalue weighted by molar-refractivity contribution is 6.02. The van der Waals surface area contributed by atoms with Crippen molar-refractivity contribution in [2.24, 2.45) is 22.7 Å². The molecule has 0 unspecified atom stereocenters. The summed E-state index contributed by atoms with van der Waals surface area (Å²) in [6, 6.07) is 2.22. The van der Waals surface area contributed by atoms with E-state index >= 15 is 0 Å². The first kappa shape index (κ1) is 15.3. The van der Waals surface area contributed by atoms with Gasteiger partial charge in [-0.05, 0) is 31.1 Å². The summed E-state index contributed by atoms with van der Waals surface area (Å²) in [5, 5.41) is 12.4. The van der Waals surface area contributed by atoms with Gasteiger partial charge in [0.25, 0.3) is 0 Å². The van der Waals surface area contributed by atoms with Crippen LogP contribution in [0.5, 0.6) is 0 Å². The number of amides is 1. The van der Waals surface area contributed by atoms with Crippen LogP contribution in [0.2, 0.25) is 0 Å².